The number of likely N-dealkylation sites (tertiary alicyclic amines) is 1. The quantitative estimate of drug-likeness (QED) is 0.914. The Morgan fingerprint density at radius 3 is 2.94 bits per heavy atom. The Bertz CT molecular complexity index is 488. The SMILES string of the molecule is NC1CCN(Cc2nnc(-c3cccs3)o2)CC1. The van der Waals surface area contributed by atoms with Gasteiger partial charge >= 0.3 is 0 Å². The predicted molar refractivity (Wildman–Crippen MR) is 70.1 cm³/mol. The summed E-state index contributed by atoms with van der Waals surface area (Å²) in [5, 5.41) is 10.2. The van der Waals surface area contributed by atoms with Crippen molar-refractivity contribution in [2.24, 2.45) is 5.73 Å². The minimum atomic E-state index is 0.352. The molecule has 2 aromatic heterocycles. The maximum atomic E-state index is 5.88. The lowest BCUT2D eigenvalue weighted by atomic mass is 10.1. The number of thiophene rings is 1. The average molecular weight is 264 g/mol. The molecule has 5 nitrogen and oxygen atoms in total. The number of piperidine rings is 1. The molecular weight excluding hydrogens is 248 g/mol. The van der Waals surface area contributed by atoms with Crippen molar-refractivity contribution in [3.63, 3.8) is 0 Å². The minimum Gasteiger partial charge on any atom is -0.419 e. The van der Waals surface area contributed by atoms with Gasteiger partial charge in [-0.15, -0.1) is 21.5 Å². The fourth-order valence-corrected chi connectivity index (χ4v) is 2.76. The van der Waals surface area contributed by atoms with Gasteiger partial charge in [0.2, 0.25) is 5.89 Å². The van der Waals surface area contributed by atoms with Crippen LogP contribution in [0.25, 0.3) is 10.8 Å². The molecule has 0 atom stereocenters. The Labute approximate surface area is 110 Å². The van der Waals surface area contributed by atoms with Crippen molar-refractivity contribution in [1.82, 2.24) is 15.1 Å². The summed E-state index contributed by atoms with van der Waals surface area (Å²) in [6, 6.07) is 4.32. The Kier molecular flexibility index (Phi) is 3.40. The van der Waals surface area contributed by atoms with Crippen molar-refractivity contribution in [1.29, 1.82) is 0 Å². The average Bonchev–Trinajstić information content (AvgIpc) is 3.02. The smallest absolute Gasteiger partial charge is 0.257 e. The van der Waals surface area contributed by atoms with Crippen LogP contribution in [0.15, 0.2) is 21.9 Å². The number of hydrogen-bond donors (Lipinski definition) is 1. The van der Waals surface area contributed by atoms with Crippen LogP contribution in [-0.4, -0.2) is 34.2 Å². The highest BCUT2D eigenvalue weighted by Crippen LogP contribution is 2.23. The van der Waals surface area contributed by atoms with Gasteiger partial charge in [-0.2, -0.15) is 0 Å². The predicted octanol–water partition coefficient (Wildman–Crippen LogP) is 1.72. The topological polar surface area (TPSA) is 68.2 Å². The molecule has 0 amide bonds. The number of nitrogens with zero attached hydrogens (tertiary/aromatic N) is 3. The molecule has 3 heterocycles. The first-order valence-electron chi connectivity index (χ1n) is 6.15. The number of hydrogen-bond acceptors (Lipinski definition) is 6. The molecule has 1 aliphatic heterocycles. The van der Waals surface area contributed by atoms with Crippen molar-refractivity contribution in [2.45, 2.75) is 25.4 Å². The van der Waals surface area contributed by atoms with Crippen molar-refractivity contribution in [3.05, 3.63) is 23.4 Å². The Morgan fingerprint density at radius 2 is 2.22 bits per heavy atom. The minimum absolute atomic E-state index is 0.352. The van der Waals surface area contributed by atoms with E-state index in [4.69, 9.17) is 10.2 Å². The van der Waals surface area contributed by atoms with Gasteiger partial charge in [-0.1, -0.05) is 6.07 Å². The molecule has 0 spiro atoms. The molecule has 2 aromatic rings. The maximum absolute atomic E-state index is 5.88. The van der Waals surface area contributed by atoms with Crippen LogP contribution in [0.2, 0.25) is 0 Å². The van der Waals surface area contributed by atoms with Crippen LogP contribution in [-0.2, 0) is 6.54 Å². The highest BCUT2D eigenvalue weighted by molar-refractivity contribution is 7.13. The fraction of sp³-hybridized carbons (Fsp3) is 0.500. The van der Waals surface area contributed by atoms with Gasteiger partial charge in [0.1, 0.15) is 0 Å². The largest absolute Gasteiger partial charge is 0.419 e. The summed E-state index contributed by atoms with van der Waals surface area (Å²) in [5.74, 6) is 1.31. The second-order valence-electron chi connectivity index (χ2n) is 4.59. The Hall–Kier alpha value is -1.24. The highest BCUT2D eigenvalue weighted by atomic mass is 32.1. The lowest BCUT2D eigenvalue weighted by Gasteiger charge is -2.28. The molecule has 6 heteroatoms. The summed E-state index contributed by atoms with van der Waals surface area (Å²) in [7, 11) is 0. The normalized spacial score (nSPS) is 18.3. The van der Waals surface area contributed by atoms with Crippen LogP contribution in [0.3, 0.4) is 0 Å². The monoisotopic (exact) mass is 264 g/mol. The zero-order valence-corrected chi connectivity index (χ0v) is 10.9. The van der Waals surface area contributed by atoms with E-state index < -0.39 is 0 Å². The molecule has 0 radical (unpaired) electrons. The van der Waals surface area contributed by atoms with Gasteiger partial charge in [0, 0.05) is 19.1 Å². The second-order valence-corrected chi connectivity index (χ2v) is 5.54. The van der Waals surface area contributed by atoms with E-state index in [9.17, 15) is 0 Å². The van der Waals surface area contributed by atoms with E-state index in [2.05, 4.69) is 15.1 Å². The van der Waals surface area contributed by atoms with Gasteiger partial charge in [-0.3, -0.25) is 4.90 Å². The van der Waals surface area contributed by atoms with Gasteiger partial charge in [0.15, 0.2) is 0 Å². The first-order valence-corrected chi connectivity index (χ1v) is 7.03. The molecule has 1 aliphatic rings. The van der Waals surface area contributed by atoms with Crippen LogP contribution in [0.1, 0.15) is 18.7 Å². The molecule has 1 saturated heterocycles. The summed E-state index contributed by atoms with van der Waals surface area (Å²) < 4.78 is 5.67. The molecule has 2 N–H and O–H groups in total. The first kappa shape index (κ1) is 11.8. The molecule has 96 valence electrons. The molecule has 0 aliphatic carbocycles. The summed E-state index contributed by atoms with van der Waals surface area (Å²) in [4.78, 5) is 3.34. The molecule has 0 bridgehead atoms. The van der Waals surface area contributed by atoms with Gasteiger partial charge in [0.25, 0.3) is 5.89 Å². The van der Waals surface area contributed by atoms with E-state index in [0.29, 0.717) is 17.8 Å². The summed E-state index contributed by atoms with van der Waals surface area (Å²) in [6.07, 6.45) is 2.10. The maximum Gasteiger partial charge on any atom is 0.257 e. The molecule has 3 rings (SSSR count). The number of nitrogens with two attached hydrogens (primary N) is 1. The third-order valence-corrected chi connectivity index (χ3v) is 4.05. The summed E-state index contributed by atoms with van der Waals surface area (Å²) >= 11 is 1.61. The second kappa shape index (κ2) is 5.17. The molecule has 18 heavy (non-hydrogen) atoms. The van der Waals surface area contributed by atoms with Crippen LogP contribution < -0.4 is 5.73 Å². The van der Waals surface area contributed by atoms with E-state index >= 15 is 0 Å². The summed E-state index contributed by atoms with van der Waals surface area (Å²) in [5.41, 5.74) is 5.88. The molecule has 0 aromatic carbocycles. The highest BCUT2D eigenvalue weighted by Gasteiger charge is 2.18. The third kappa shape index (κ3) is 2.60. The fourth-order valence-electron chi connectivity index (χ4n) is 2.12. The van der Waals surface area contributed by atoms with E-state index in [0.717, 1.165) is 37.4 Å². The van der Waals surface area contributed by atoms with Crippen molar-refractivity contribution < 1.29 is 4.42 Å². The Balaban J connectivity index is 1.64. The standard InChI is InChI=1S/C12H16N4OS/c13-9-3-5-16(6-4-9)8-11-14-15-12(17-11)10-2-1-7-18-10/h1-2,7,9H,3-6,8,13H2. The number of rotatable bonds is 3. The molecular formula is C12H16N4OS. The van der Waals surface area contributed by atoms with E-state index in [1.54, 1.807) is 11.3 Å². The zero-order valence-electron chi connectivity index (χ0n) is 10.1. The van der Waals surface area contributed by atoms with Gasteiger partial charge in [0.05, 0.1) is 11.4 Å². The van der Waals surface area contributed by atoms with Crippen LogP contribution >= 0.6 is 11.3 Å². The van der Waals surface area contributed by atoms with Crippen LogP contribution in [0, 0.1) is 0 Å². The van der Waals surface area contributed by atoms with E-state index in [1.807, 2.05) is 17.5 Å². The van der Waals surface area contributed by atoms with Crippen molar-refractivity contribution in [3.8, 4) is 10.8 Å². The summed E-state index contributed by atoms with van der Waals surface area (Å²) in [6.45, 7) is 2.75. The zero-order chi connectivity index (χ0) is 12.4. The van der Waals surface area contributed by atoms with Gasteiger partial charge in [-0.25, -0.2) is 0 Å². The van der Waals surface area contributed by atoms with Crippen LogP contribution in [0.5, 0.6) is 0 Å². The molecule has 0 saturated carbocycles. The number of aromatic nitrogens is 2. The molecule has 0 unspecified atom stereocenters. The third-order valence-electron chi connectivity index (χ3n) is 3.19. The lowest BCUT2D eigenvalue weighted by molar-refractivity contribution is 0.189. The lowest BCUT2D eigenvalue weighted by Crippen LogP contribution is -2.39. The molecule has 1 fully saturated rings. The van der Waals surface area contributed by atoms with E-state index in [-0.39, 0.29) is 0 Å². The van der Waals surface area contributed by atoms with E-state index in [1.165, 1.54) is 0 Å². The Morgan fingerprint density at radius 1 is 1.39 bits per heavy atom. The first-order chi connectivity index (χ1) is 8.81. The van der Waals surface area contributed by atoms with Gasteiger partial charge in [-0.05, 0) is 24.3 Å². The van der Waals surface area contributed by atoms with Crippen molar-refractivity contribution in [2.75, 3.05) is 13.1 Å². The van der Waals surface area contributed by atoms with Gasteiger partial charge < -0.3 is 10.2 Å². The van der Waals surface area contributed by atoms with Crippen molar-refractivity contribution >= 4 is 11.3 Å². The van der Waals surface area contributed by atoms with Crippen LogP contribution in [0.4, 0.5) is 0 Å².